The highest BCUT2D eigenvalue weighted by molar-refractivity contribution is 5.81. The van der Waals surface area contributed by atoms with Crippen molar-refractivity contribution in [3.05, 3.63) is 70.5 Å². The third-order valence-electron chi connectivity index (χ3n) is 4.32. The molecule has 6 nitrogen and oxygen atoms in total. The highest BCUT2D eigenvalue weighted by Gasteiger charge is 2.14. The first-order valence-electron chi connectivity index (χ1n) is 8.50. The second-order valence-electron chi connectivity index (χ2n) is 5.99. The molecule has 3 rings (SSSR count). The summed E-state index contributed by atoms with van der Waals surface area (Å²) in [5.41, 5.74) is 1.51. The van der Waals surface area contributed by atoms with Crippen LogP contribution in [0.1, 0.15) is 24.9 Å². The minimum atomic E-state index is -0.158. The Kier molecular flexibility index (Phi) is 5.31. The molecule has 1 amide bonds. The topological polar surface area (TPSA) is 73.2 Å². The Morgan fingerprint density at radius 3 is 2.62 bits per heavy atom. The molecule has 1 atom stereocenters. The summed E-state index contributed by atoms with van der Waals surface area (Å²) in [7, 11) is 1.62. The monoisotopic (exact) mass is 351 g/mol. The molecule has 0 fully saturated rings. The molecule has 0 aliphatic heterocycles. The van der Waals surface area contributed by atoms with Crippen LogP contribution in [0, 0.1) is 0 Å². The molecule has 1 N–H and O–H groups in total. The van der Waals surface area contributed by atoms with Crippen LogP contribution in [0.25, 0.3) is 10.9 Å². The smallest absolute Gasteiger partial charge is 0.242 e. The molecule has 0 radical (unpaired) electrons. The molecule has 0 aliphatic carbocycles. The SMILES string of the molecule is CC[C@@H](NC(=O)Cn1ncc(=O)c2ccccc21)c1ccc(OC)cc1. The lowest BCUT2D eigenvalue weighted by atomic mass is 10.0. The van der Waals surface area contributed by atoms with Gasteiger partial charge in [-0.15, -0.1) is 0 Å². The molecule has 1 heterocycles. The van der Waals surface area contributed by atoms with E-state index in [-0.39, 0.29) is 23.9 Å². The van der Waals surface area contributed by atoms with E-state index in [0.717, 1.165) is 17.7 Å². The van der Waals surface area contributed by atoms with E-state index in [9.17, 15) is 9.59 Å². The first kappa shape index (κ1) is 17.7. The number of nitrogens with one attached hydrogen (secondary N) is 1. The van der Waals surface area contributed by atoms with Gasteiger partial charge in [0, 0.05) is 5.39 Å². The molecular formula is C20H21N3O3. The van der Waals surface area contributed by atoms with Gasteiger partial charge in [-0.05, 0) is 36.2 Å². The molecule has 0 spiro atoms. The van der Waals surface area contributed by atoms with Crippen LogP contribution >= 0.6 is 0 Å². The van der Waals surface area contributed by atoms with Gasteiger partial charge in [0.15, 0.2) is 0 Å². The largest absolute Gasteiger partial charge is 0.497 e. The Labute approximate surface area is 151 Å². The van der Waals surface area contributed by atoms with E-state index in [1.165, 1.54) is 6.20 Å². The van der Waals surface area contributed by atoms with E-state index < -0.39 is 0 Å². The number of para-hydroxylation sites is 1. The van der Waals surface area contributed by atoms with Crippen LogP contribution in [0.15, 0.2) is 59.5 Å². The van der Waals surface area contributed by atoms with Gasteiger partial charge in [-0.2, -0.15) is 5.10 Å². The Morgan fingerprint density at radius 1 is 1.19 bits per heavy atom. The van der Waals surface area contributed by atoms with Crippen molar-refractivity contribution in [3.8, 4) is 5.75 Å². The lowest BCUT2D eigenvalue weighted by Gasteiger charge is -2.18. The van der Waals surface area contributed by atoms with Crippen molar-refractivity contribution in [1.82, 2.24) is 15.1 Å². The van der Waals surface area contributed by atoms with Crippen LogP contribution in [-0.4, -0.2) is 22.8 Å². The third kappa shape index (κ3) is 3.74. The average Bonchev–Trinajstić information content (AvgIpc) is 2.68. The van der Waals surface area contributed by atoms with Crippen LogP contribution in [0.4, 0.5) is 0 Å². The minimum absolute atomic E-state index is 0.0491. The van der Waals surface area contributed by atoms with Gasteiger partial charge < -0.3 is 10.1 Å². The molecule has 26 heavy (non-hydrogen) atoms. The molecule has 0 saturated carbocycles. The number of hydrogen-bond acceptors (Lipinski definition) is 4. The van der Waals surface area contributed by atoms with Crippen LogP contribution in [0.2, 0.25) is 0 Å². The molecule has 0 unspecified atom stereocenters. The van der Waals surface area contributed by atoms with Gasteiger partial charge in [0.2, 0.25) is 11.3 Å². The molecular weight excluding hydrogens is 330 g/mol. The van der Waals surface area contributed by atoms with E-state index in [4.69, 9.17) is 4.74 Å². The van der Waals surface area contributed by atoms with Crippen molar-refractivity contribution in [3.63, 3.8) is 0 Å². The maximum atomic E-state index is 12.5. The van der Waals surface area contributed by atoms with Crippen molar-refractivity contribution in [1.29, 1.82) is 0 Å². The fourth-order valence-electron chi connectivity index (χ4n) is 2.92. The summed E-state index contributed by atoms with van der Waals surface area (Å²) in [5.74, 6) is 0.618. The number of amides is 1. The third-order valence-corrected chi connectivity index (χ3v) is 4.32. The lowest BCUT2D eigenvalue weighted by Crippen LogP contribution is -2.32. The van der Waals surface area contributed by atoms with Crippen molar-refractivity contribution >= 4 is 16.8 Å². The van der Waals surface area contributed by atoms with Gasteiger partial charge in [-0.3, -0.25) is 14.3 Å². The molecule has 134 valence electrons. The quantitative estimate of drug-likeness (QED) is 0.741. The molecule has 0 saturated heterocycles. The van der Waals surface area contributed by atoms with E-state index in [1.807, 2.05) is 37.3 Å². The Bertz CT molecular complexity index is 964. The van der Waals surface area contributed by atoms with Crippen molar-refractivity contribution in [2.75, 3.05) is 7.11 Å². The van der Waals surface area contributed by atoms with E-state index in [1.54, 1.807) is 30.0 Å². The van der Waals surface area contributed by atoms with Crippen molar-refractivity contribution < 1.29 is 9.53 Å². The Hall–Kier alpha value is -3.15. The van der Waals surface area contributed by atoms with Crippen LogP contribution in [-0.2, 0) is 11.3 Å². The molecule has 1 aromatic heterocycles. The normalized spacial score (nSPS) is 11.9. The molecule has 2 aromatic carbocycles. The summed E-state index contributed by atoms with van der Waals surface area (Å²) >= 11 is 0. The fraction of sp³-hybridized carbons (Fsp3) is 0.250. The van der Waals surface area contributed by atoms with Gasteiger partial charge in [-0.1, -0.05) is 31.2 Å². The zero-order valence-corrected chi connectivity index (χ0v) is 14.8. The number of benzene rings is 2. The van der Waals surface area contributed by atoms with Gasteiger partial charge in [-0.25, -0.2) is 0 Å². The Morgan fingerprint density at radius 2 is 1.92 bits per heavy atom. The summed E-state index contributed by atoms with van der Waals surface area (Å²) in [6.07, 6.45) is 2.01. The number of carbonyl (C=O) groups is 1. The molecule has 0 bridgehead atoms. The molecule has 0 aliphatic rings. The number of hydrogen-bond donors (Lipinski definition) is 1. The summed E-state index contributed by atoms with van der Waals surface area (Å²) in [6, 6.07) is 14.7. The number of methoxy groups -OCH3 is 1. The minimum Gasteiger partial charge on any atom is -0.497 e. The number of rotatable bonds is 6. The number of nitrogens with zero attached hydrogens (tertiary/aromatic N) is 2. The number of fused-ring (bicyclic) bond motifs is 1. The lowest BCUT2D eigenvalue weighted by molar-refractivity contribution is -0.122. The van der Waals surface area contributed by atoms with Crippen molar-refractivity contribution in [2.24, 2.45) is 0 Å². The number of carbonyl (C=O) groups excluding carboxylic acids is 1. The first-order chi connectivity index (χ1) is 12.6. The van der Waals surface area contributed by atoms with Gasteiger partial charge in [0.1, 0.15) is 12.3 Å². The maximum Gasteiger partial charge on any atom is 0.242 e. The zero-order valence-electron chi connectivity index (χ0n) is 14.8. The maximum absolute atomic E-state index is 12.5. The number of aromatic nitrogens is 2. The second kappa shape index (κ2) is 7.82. The van der Waals surface area contributed by atoms with Gasteiger partial charge in [0.05, 0.1) is 24.9 Å². The van der Waals surface area contributed by atoms with Gasteiger partial charge in [0.25, 0.3) is 0 Å². The van der Waals surface area contributed by atoms with Crippen LogP contribution < -0.4 is 15.5 Å². The zero-order chi connectivity index (χ0) is 18.5. The predicted octanol–water partition coefficient (Wildman–Crippen LogP) is 2.67. The molecule has 3 aromatic rings. The summed E-state index contributed by atoms with van der Waals surface area (Å²) in [6.45, 7) is 2.07. The van der Waals surface area contributed by atoms with E-state index >= 15 is 0 Å². The fourth-order valence-corrected chi connectivity index (χ4v) is 2.92. The Balaban J connectivity index is 1.77. The van der Waals surface area contributed by atoms with E-state index in [0.29, 0.717) is 10.9 Å². The summed E-state index contributed by atoms with van der Waals surface area (Å²) in [4.78, 5) is 24.4. The first-order valence-corrected chi connectivity index (χ1v) is 8.50. The van der Waals surface area contributed by atoms with E-state index in [2.05, 4.69) is 10.4 Å². The second-order valence-corrected chi connectivity index (χ2v) is 5.99. The van der Waals surface area contributed by atoms with Gasteiger partial charge >= 0.3 is 0 Å². The average molecular weight is 351 g/mol. The predicted molar refractivity (Wildman–Crippen MR) is 100 cm³/mol. The van der Waals surface area contributed by atoms with Crippen LogP contribution in [0.3, 0.4) is 0 Å². The van der Waals surface area contributed by atoms with Crippen LogP contribution in [0.5, 0.6) is 5.75 Å². The summed E-state index contributed by atoms with van der Waals surface area (Å²) < 4.78 is 6.72. The highest BCUT2D eigenvalue weighted by Crippen LogP contribution is 2.20. The standard InChI is InChI=1S/C20H21N3O3/c1-3-17(14-8-10-15(26-2)11-9-14)22-20(25)13-23-18-7-5-4-6-16(18)19(24)12-21-23/h4-12,17H,3,13H2,1-2H3,(H,22,25)/t17-/m1/s1. The molecule has 6 heteroatoms. The summed E-state index contributed by atoms with van der Waals surface area (Å²) in [5, 5.41) is 7.68. The van der Waals surface area contributed by atoms with Crippen molar-refractivity contribution in [2.45, 2.75) is 25.9 Å². The number of ether oxygens (including phenoxy) is 1. The highest BCUT2D eigenvalue weighted by atomic mass is 16.5.